The number of nitrogens with zero attached hydrogens (tertiary/aromatic N) is 6. The fraction of sp³-hybridized carbons (Fsp3) is 0.0513. The Morgan fingerprint density at radius 1 is 0.407 bits per heavy atom. The van der Waals surface area contributed by atoms with Gasteiger partial charge in [-0.3, -0.25) is 0 Å². The third-order valence-corrected chi connectivity index (χ3v) is 19.4. The average molecular weight is 1120 g/mol. The van der Waals surface area contributed by atoms with Crippen LogP contribution in [0, 0.1) is 17.9 Å². The van der Waals surface area contributed by atoms with Crippen LogP contribution in [-0.2, 0) is 5.41 Å². The summed E-state index contributed by atoms with van der Waals surface area (Å²) in [5, 5.41) is 25.5. The zero-order valence-electron chi connectivity index (χ0n) is 47.0. The second kappa shape index (κ2) is 17.7. The molecule has 6 aromatic heterocycles. The zero-order valence-corrected chi connectivity index (χ0v) is 47.8. The Morgan fingerprint density at radius 2 is 0.907 bits per heavy atom. The molecule has 0 radical (unpaired) electrons. The first-order chi connectivity index (χ1) is 42.3. The van der Waals surface area contributed by atoms with Gasteiger partial charge >= 0.3 is 0 Å². The van der Waals surface area contributed by atoms with E-state index in [9.17, 15) is 11.8 Å². The maximum atomic E-state index is 13.0. The Kier molecular flexibility index (Phi) is 9.95. The number of fused-ring (bicyclic) bond motifs is 20. The summed E-state index contributed by atoms with van der Waals surface area (Å²) in [6, 6.07) is 87.1. The lowest BCUT2D eigenvalue weighted by atomic mass is 9.86. The highest BCUT2D eigenvalue weighted by Crippen LogP contribution is 2.54. The van der Waals surface area contributed by atoms with Crippen molar-refractivity contribution in [1.82, 2.24) is 18.3 Å². The van der Waals surface area contributed by atoms with E-state index in [2.05, 4.69) is 270 Å². The Morgan fingerprint density at radius 3 is 1.53 bits per heavy atom. The number of hydrogen-bond donors (Lipinski definition) is 0. The SMILES string of the molecule is [C-]#[N+]c1c(-n2c3ccccc3c3ccccc32)c(-n2c3ccc(-c4ccccc4)cc3c3ccc4c5ccccc5oc4c32)c(-n2c3ccccc3c3ccccc32)c(C#N)c1-n1c2ccc(C(C)(C)C)cc2c2ccc3c4ccccc4sc3c21. The predicted octanol–water partition coefficient (Wildman–Crippen LogP) is 21.7. The lowest BCUT2D eigenvalue weighted by Gasteiger charge is -2.27. The molecular weight excluding hydrogens is 1070 g/mol. The van der Waals surface area contributed by atoms with E-state index in [0.717, 1.165) is 125 Å². The number of para-hydroxylation sites is 5. The molecule has 86 heavy (non-hydrogen) atoms. The first-order valence-corrected chi connectivity index (χ1v) is 29.9. The number of benzene rings is 12. The van der Waals surface area contributed by atoms with Crippen LogP contribution in [-0.4, -0.2) is 18.3 Å². The minimum absolute atomic E-state index is 0.172. The first-order valence-electron chi connectivity index (χ1n) is 29.1. The van der Waals surface area contributed by atoms with E-state index in [-0.39, 0.29) is 5.41 Å². The molecule has 402 valence electrons. The molecule has 7 nitrogen and oxygen atoms in total. The molecule has 12 aromatic carbocycles. The summed E-state index contributed by atoms with van der Waals surface area (Å²) in [5.74, 6) is 0. The van der Waals surface area contributed by atoms with E-state index in [1.807, 2.05) is 12.1 Å². The number of furan rings is 1. The van der Waals surface area contributed by atoms with Gasteiger partial charge in [-0.1, -0.05) is 191 Å². The number of thiophene rings is 1. The predicted molar refractivity (Wildman–Crippen MR) is 359 cm³/mol. The van der Waals surface area contributed by atoms with Crippen molar-refractivity contribution in [3.05, 3.63) is 259 Å². The monoisotopic (exact) mass is 1120 g/mol. The van der Waals surface area contributed by atoms with Gasteiger partial charge < -0.3 is 22.7 Å². The van der Waals surface area contributed by atoms with Crippen molar-refractivity contribution < 1.29 is 4.42 Å². The third-order valence-electron chi connectivity index (χ3n) is 18.2. The van der Waals surface area contributed by atoms with Crippen LogP contribution in [0.2, 0.25) is 0 Å². The molecule has 18 rings (SSSR count). The van der Waals surface area contributed by atoms with E-state index >= 15 is 0 Å². The molecule has 0 saturated heterocycles. The largest absolute Gasteiger partial charge is 0.454 e. The van der Waals surface area contributed by atoms with Crippen LogP contribution in [0.1, 0.15) is 31.9 Å². The summed E-state index contributed by atoms with van der Waals surface area (Å²) >= 11 is 1.76. The Bertz CT molecular complexity index is 5840. The molecule has 0 bridgehead atoms. The van der Waals surface area contributed by atoms with Crippen LogP contribution in [0.3, 0.4) is 0 Å². The minimum Gasteiger partial charge on any atom is -0.454 e. The van der Waals surface area contributed by atoms with Crippen LogP contribution >= 0.6 is 11.3 Å². The van der Waals surface area contributed by atoms with Gasteiger partial charge in [-0.2, -0.15) is 5.26 Å². The standard InChI is InChI=1S/C78H48N6OS/c1-78(2,3)47-35-41-66-59(43-47)55-37-39-57-53-27-13-19-33-68(53)86-77(57)73(55)83(66)70-60(44-79)71(81-61-28-14-8-22-48(61)49-23-9-15-29-62(49)81)75(74(69(70)80-4)82-63-30-16-10-24-50(63)51-25-11-17-31-64(51)82)84-65-40-34-46(45-20-6-5-7-21-45)42-58(65)54-36-38-56-52-26-12-18-32-67(52)85-76(56)72(54)84/h5-43H,1-3H3. The summed E-state index contributed by atoms with van der Waals surface area (Å²) in [6.45, 7) is 16.9. The molecule has 0 saturated carbocycles. The molecule has 6 heterocycles. The number of hydrogen-bond acceptors (Lipinski definition) is 3. The van der Waals surface area contributed by atoms with Crippen molar-refractivity contribution in [2.24, 2.45) is 0 Å². The average Bonchev–Trinajstić information content (AvgIpc) is 1.48. The summed E-state index contributed by atoms with van der Waals surface area (Å²) in [4.78, 5) is 4.94. The number of aromatic nitrogens is 4. The van der Waals surface area contributed by atoms with Crippen LogP contribution in [0.4, 0.5) is 5.69 Å². The van der Waals surface area contributed by atoms with Gasteiger partial charge in [-0.05, 0) is 88.8 Å². The van der Waals surface area contributed by atoms with Gasteiger partial charge in [0.25, 0.3) is 0 Å². The van der Waals surface area contributed by atoms with Crippen LogP contribution in [0.15, 0.2) is 241 Å². The number of rotatable bonds is 5. The van der Waals surface area contributed by atoms with Gasteiger partial charge in [0.05, 0.1) is 83.7 Å². The normalized spacial score (nSPS) is 12.3. The number of nitriles is 1. The van der Waals surface area contributed by atoms with E-state index in [4.69, 9.17) is 9.26 Å². The van der Waals surface area contributed by atoms with Crippen molar-refractivity contribution in [3.8, 4) is 39.9 Å². The van der Waals surface area contributed by atoms with Crippen molar-refractivity contribution >= 4 is 146 Å². The highest BCUT2D eigenvalue weighted by atomic mass is 32.1. The summed E-state index contributed by atoms with van der Waals surface area (Å²) in [6.07, 6.45) is 0. The molecule has 18 aromatic rings. The Hall–Kier alpha value is -11.2. The van der Waals surface area contributed by atoms with Crippen molar-refractivity contribution in [2.45, 2.75) is 26.2 Å². The van der Waals surface area contributed by atoms with Gasteiger partial charge in [0.15, 0.2) is 5.58 Å². The second-order valence-electron chi connectivity index (χ2n) is 23.7. The van der Waals surface area contributed by atoms with E-state index in [0.29, 0.717) is 39.6 Å². The molecule has 0 atom stereocenters. The summed E-state index contributed by atoms with van der Waals surface area (Å²) < 4.78 is 18.8. The van der Waals surface area contributed by atoms with Crippen LogP contribution in [0.25, 0.3) is 168 Å². The molecule has 0 amide bonds. The third kappa shape index (κ3) is 6.48. The molecule has 8 heteroatoms. The fourth-order valence-corrected chi connectivity index (χ4v) is 15.6. The Labute approximate surface area is 496 Å². The van der Waals surface area contributed by atoms with Crippen molar-refractivity contribution in [2.75, 3.05) is 0 Å². The lowest BCUT2D eigenvalue weighted by molar-refractivity contribution is 0.591. The topological polar surface area (TPSA) is 61.0 Å². The minimum atomic E-state index is -0.172. The molecule has 0 aliphatic heterocycles. The highest BCUT2D eigenvalue weighted by Gasteiger charge is 2.36. The van der Waals surface area contributed by atoms with Crippen molar-refractivity contribution in [3.63, 3.8) is 0 Å². The second-order valence-corrected chi connectivity index (χ2v) is 24.8. The van der Waals surface area contributed by atoms with E-state index < -0.39 is 0 Å². The smallest absolute Gasteiger partial charge is 0.237 e. The highest BCUT2D eigenvalue weighted by molar-refractivity contribution is 7.26. The molecule has 0 fully saturated rings. The van der Waals surface area contributed by atoms with Crippen LogP contribution in [0.5, 0.6) is 0 Å². The van der Waals surface area contributed by atoms with Crippen molar-refractivity contribution in [1.29, 1.82) is 5.26 Å². The lowest BCUT2D eigenvalue weighted by Crippen LogP contribution is -2.15. The van der Waals surface area contributed by atoms with Gasteiger partial charge in [0.1, 0.15) is 11.7 Å². The van der Waals surface area contributed by atoms with Gasteiger partial charge in [-0.15, -0.1) is 11.3 Å². The summed E-state index contributed by atoms with van der Waals surface area (Å²) in [7, 11) is 0. The fourth-order valence-electron chi connectivity index (χ4n) is 14.4. The molecule has 0 aliphatic carbocycles. The molecule has 0 N–H and O–H groups in total. The van der Waals surface area contributed by atoms with Crippen LogP contribution < -0.4 is 0 Å². The van der Waals surface area contributed by atoms with E-state index in [1.54, 1.807) is 11.3 Å². The van der Waals surface area contributed by atoms with Gasteiger partial charge in [-0.25, -0.2) is 4.85 Å². The summed E-state index contributed by atoms with van der Waals surface area (Å²) in [5.41, 5.74) is 15.0. The maximum Gasteiger partial charge on any atom is 0.237 e. The molecular formula is C78H48N6OS. The first kappa shape index (κ1) is 48.4. The van der Waals surface area contributed by atoms with E-state index in [1.165, 1.54) is 15.6 Å². The molecule has 0 unspecified atom stereocenters. The quantitative estimate of drug-likeness (QED) is 0.161. The molecule has 0 aliphatic rings. The maximum absolute atomic E-state index is 13.0. The molecule has 0 spiro atoms. The van der Waals surface area contributed by atoms with Gasteiger partial charge in [0, 0.05) is 69.3 Å². The zero-order chi connectivity index (χ0) is 57.3. The van der Waals surface area contributed by atoms with Gasteiger partial charge in [0.2, 0.25) is 5.69 Å². The Balaban J connectivity index is 1.16.